The van der Waals surface area contributed by atoms with E-state index in [4.69, 9.17) is 0 Å². The van der Waals surface area contributed by atoms with Gasteiger partial charge in [-0.25, -0.2) is 0 Å². The van der Waals surface area contributed by atoms with Gasteiger partial charge in [-0.3, -0.25) is 0 Å². The van der Waals surface area contributed by atoms with Gasteiger partial charge in [0.05, 0.1) is 0 Å². The first-order valence-electron chi connectivity index (χ1n) is 13.7. The topological polar surface area (TPSA) is 17.1 Å². The van der Waals surface area contributed by atoms with E-state index in [-0.39, 0.29) is 0 Å². The van der Waals surface area contributed by atoms with Gasteiger partial charge in [0, 0.05) is 10.6 Å². The van der Waals surface area contributed by atoms with Crippen LogP contribution in [0.1, 0.15) is 29.5 Å². The van der Waals surface area contributed by atoms with Gasteiger partial charge in [0.15, 0.2) is 7.14 Å². The lowest BCUT2D eigenvalue weighted by Gasteiger charge is -2.25. The Balaban J connectivity index is 1.38. The van der Waals surface area contributed by atoms with Crippen LogP contribution in [0.5, 0.6) is 0 Å². The van der Waals surface area contributed by atoms with E-state index in [0.29, 0.717) is 0 Å². The number of fused-ring (bicyclic) bond motifs is 1. The highest BCUT2D eigenvalue weighted by Crippen LogP contribution is 2.55. The Bertz CT molecular complexity index is 1780. The smallest absolute Gasteiger partial charge is 0.167 e. The summed E-state index contributed by atoms with van der Waals surface area (Å²) >= 11 is 0. The van der Waals surface area contributed by atoms with Crippen molar-refractivity contribution in [2.45, 2.75) is 12.8 Å². The molecule has 0 saturated carbocycles. The van der Waals surface area contributed by atoms with E-state index in [1.165, 1.54) is 27.5 Å². The molecule has 5 aromatic rings. The van der Waals surface area contributed by atoms with Crippen molar-refractivity contribution in [1.29, 1.82) is 0 Å². The fraction of sp³-hybridized carbons (Fsp3) is 0.0526. The fourth-order valence-electron chi connectivity index (χ4n) is 5.82. The maximum atomic E-state index is 14.7. The second-order valence-electron chi connectivity index (χ2n) is 10.1. The third-order valence-electron chi connectivity index (χ3n) is 7.86. The summed E-state index contributed by atoms with van der Waals surface area (Å²) in [4.78, 5) is 0. The zero-order chi connectivity index (χ0) is 27.5. The zero-order valence-corrected chi connectivity index (χ0v) is 23.4. The fourth-order valence-corrected chi connectivity index (χ4v) is 8.68. The predicted molar refractivity (Wildman–Crippen MR) is 175 cm³/mol. The third kappa shape index (κ3) is 4.53. The number of benzene rings is 5. The first-order valence-corrected chi connectivity index (χ1v) is 15.4. The summed E-state index contributed by atoms with van der Waals surface area (Å²) in [5.41, 5.74) is 6.98. The average Bonchev–Trinajstić information content (AvgIpc) is 3.04. The molecule has 0 heterocycles. The van der Waals surface area contributed by atoms with Gasteiger partial charge in [0.1, 0.15) is 0 Å². The molecule has 1 aliphatic rings. The number of allylic oxidation sites excluding steroid dienone is 4. The summed E-state index contributed by atoms with van der Waals surface area (Å²) in [5, 5.41) is 5.18. The summed E-state index contributed by atoms with van der Waals surface area (Å²) in [6.07, 6.45) is 9.71. The molecule has 0 fully saturated rings. The van der Waals surface area contributed by atoms with E-state index in [2.05, 4.69) is 79.9 Å². The van der Waals surface area contributed by atoms with Crippen molar-refractivity contribution in [2.75, 3.05) is 0 Å². The maximum Gasteiger partial charge on any atom is 0.167 e. The molecule has 0 spiro atoms. The van der Waals surface area contributed by atoms with Crippen molar-refractivity contribution in [1.82, 2.24) is 0 Å². The molecule has 194 valence electrons. The zero-order valence-electron chi connectivity index (χ0n) is 22.5. The van der Waals surface area contributed by atoms with E-state index < -0.39 is 7.14 Å². The van der Waals surface area contributed by atoms with Crippen molar-refractivity contribution in [3.8, 4) is 11.1 Å². The van der Waals surface area contributed by atoms with Gasteiger partial charge >= 0.3 is 0 Å². The molecule has 0 atom stereocenters. The molecule has 0 radical (unpaired) electrons. The molecule has 6 rings (SSSR count). The van der Waals surface area contributed by atoms with Crippen LogP contribution in [0.4, 0.5) is 0 Å². The van der Waals surface area contributed by atoms with E-state index >= 15 is 0 Å². The van der Waals surface area contributed by atoms with Crippen LogP contribution in [0.15, 0.2) is 146 Å². The Morgan fingerprint density at radius 3 is 1.80 bits per heavy atom. The first-order chi connectivity index (χ1) is 19.6. The number of hydrogen-bond acceptors (Lipinski definition) is 1. The van der Waals surface area contributed by atoms with Crippen LogP contribution in [0, 0.1) is 0 Å². The van der Waals surface area contributed by atoms with E-state index in [1.54, 1.807) is 0 Å². The molecule has 5 aromatic carbocycles. The summed E-state index contributed by atoms with van der Waals surface area (Å²) in [6.45, 7) is 8.15. The molecule has 1 aliphatic carbocycles. The van der Waals surface area contributed by atoms with Crippen LogP contribution in [0.2, 0.25) is 0 Å². The monoisotopic (exact) mass is 534 g/mol. The number of hydrogen-bond donors (Lipinski definition) is 0. The highest BCUT2D eigenvalue weighted by atomic mass is 31.2. The van der Waals surface area contributed by atoms with Crippen LogP contribution in [0.25, 0.3) is 39.6 Å². The minimum Gasteiger partial charge on any atom is -0.309 e. The van der Waals surface area contributed by atoms with Crippen LogP contribution < -0.4 is 10.6 Å². The maximum absolute atomic E-state index is 14.7. The number of rotatable bonds is 7. The standard InChI is InChI=1S/C38H31OP/c1-3-28-27-32-13-11-12-18-37(32)38(36(28)4-2)31-21-19-29(20-22-31)30-23-25-35(26-24-30)40(39,33-14-7-5-8-15-33)34-16-9-6-10-17-34/h3-23,25,27H,1-2,24,26H2. The molecule has 0 unspecified atom stereocenters. The van der Waals surface area contributed by atoms with Crippen LogP contribution in [-0.2, 0) is 4.57 Å². The summed E-state index contributed by atoms with van der Waals surface area (Å²) in [6, 6.07) is 39.3. The molecule has 1 nitrogen and oxygen atoms in total. The van der Waals surface area contributed by atoms with Crippen molar-refractivity contribution < 1.29 is 4.57 Å². The van der Waals surface area contributed by atoms with Crippen molar-refractivity contribution in [2.24, 2.45) is 0 Å². The third-order valence-corrected chi connectivity index (χ3v) is 11.1. The molecule has 0 amide bonds. The van der Waals surface area contributed by atoms with Crippen LogP contribution >= 0.6 is 7.14 Å². The normalized spacial score (nSPS) is 13.4. The molecule has 0 N–H and O–H groups in total. The SMILES string of the molecule is C=Cc1cc2ccccc2c(-c2ccc(C3=CC=C(P(=O)(c4ccccc4)c4ccccc4)CC3)cc2)c1C=C. The minimum atomic E-state index is -2.91. The van der Waals surface area contributed by atoms with Gasteiger partial charge in [-0.15, -0.1) is 0 Å². The van der Waals surface area contributed by atoms with Gasteiger partial charge in [-0.2, -0.15) is 0 Å². The second kappa shape index (κ2) is 11.0. The van der Waals surface area contributed by atoms with Gasteiger partial charge in [-0.05, 0) is 68.4 Å². The Kier molecular flexibility index (Phi) is 7.08. The van der Waals surface area contributed by atoms with Crippen molar-refractivity contribution in [3.63, 3.8) is 0 Å². The van der Waals surface area contributed by atoms with Crippen LogP contribution in [0.3, 0.4) is 0 Å². The molecule has 0 bridgehead atoms. The predicted octanol–water partition coefficient (Wildman–Crippen LogP) is 9.87. The van der Waals surface area contributed by atoms with Crippen LogP contribution in [-0.4, -0.2) is 0 Å². The lowest BCUT2D eigenvalue weighted by atomic mass is 9.88. The molecular formula is C38H31OP. The average molecular weight is 535 g/mol. The molecule has 2 heteroatoms. The van der Waals surface area contributed by atoms with Crippen molar-refractivity contribution >= 4 is 46.2 Å². The summed E-state index contributed by atoms with van der Waals surface area (Å²) in [7, 11) is -2.91. The lowest BCUT2D eigenvalue weighted by Crippen LogP contribution is -2.18. The highest BCUT2D eigenvalue weighted by Gasteiger charge is 2.32. The Morgan fingerprint density at radius 2 is 1.23 bits per heavy atom. The van der Waals surface area contributed by atoms with Crippen molar-refractivity contribution in [3.05, 3.63) is 163 Å². The highest BCUT2D eigenvalue weighted by molar-refractivity contribution is 7.82. The van der Waals surface area contributed by atoms with E-state index in [9.17, 15) is 4.57 Å². The molecule has 0 aliphatic heterocycles. The Labute approximate surface area is 236 Å². The van der Waals surface area contributed by atoms with E-state index in [0.717, 1.165) is 45.5 Å². The van der Waals surface area contributed by atoms with Gasteiger partial charge < -0.3 is 4.57 Å². The molecule has 0 aromatic heterocycles. The Hall–Kier alpha value is -4.45. The summed E-state index contributed by atoms with van der Waals surface area (Å²) < 4.78 is 14.7. The largest absolute Gasteiger partial charge is 0.309 e. The van der Waals surface area contributed by atoms with Gasteiger partial charge in [-0.1, -0.05) is 147 Å². The molecule has 40 heavy (non-hydrogen) atoms. The second-order valence-corrected chi connectivity index (χ2v) is 12.9. The minimum absolute atomic E-state index is 0.765. The molecular weight excluding hydrogens is 503 g/mol. The van der Waals surface area contributed by atoms with Gasteiger partial charge in [0.25, 0.3) is 0 Å². The summed E-state index contributed by atoms with van der Waals surface area (Å²) in [5.74, 6) is 0. The van der Waals surface area contributed by atoms with Gasteiger partial charge in [0.2, 0.25) is 0 Å². The quantitative estimate of drug-likeness (QED) is 0.190. The lowest BCUT2D eigenvalue weighted by molar-refractivity contribution is 0.589. The Morgan fingerprint density at radius 1 is 0.625 bits per heavy atom. The van der Waals surface area contributed by atoms with E-state index in [1.807, 2.05) is 72.8 Å². The molecule has 0 saturated heterocycles. The first kappa shape index (κ1) is 25.8.